The Morgan fingerprint density at radius 2 is 2.26 bits per heavy atom. The Kier molecular flexibility index (Phi) is 2.25. The van der Waals surface area contributed by atoms with Crippen molar-refractivity contribution in [3.63, 3.8) is 0 Å². The molecule has 1 amide bonds. The van der Waals surface area contributed by atoms with Crippen LogP contribution in [0.2, 0.25) is 0 Å². The molecule has 0 bridgehead atoms. The molecule has 19 heavy (non-hydrogen) atoms. The Hall–Kier alpha value is -1.77. The van der Waals surface area contributed by atoms with E-state index >= 15 is 0 Å². The third-order valence-electron chi connectivity index (χ3n) is 4.61. The fourth-order valence-corrected chi connectivity index (χ4v) is 3.64. The van der Waals surface area contributed by atoms with Crippen LogP contribution in [0.1, 0.15) is 35.4 Å². The summed E-state index contributed by atoms with van der Waals surface area (Å²) in [7, 11) is 0. The lowest BCUT2D eigenvalue weighted by atomic mass is 9.91. The van der Waals surface area contributed by atoms with E-state index in [1.54, 1.807) is 0 Å². The minimum absolute atomic E-state index is 0.142. The molecule has 0 spiro atoms. The van der Waals surface area contributed by atoms with Crippen molar-refractivity contribution in [2.75, 3.05) is 6.54 Å². The van der Waals surface area contributed by atoms with Crippen molar-refractivity contribution in [1.82, 2.24) is 4.90 Å². The van der Waals surface area contributed by atoms with Gasteiger partial charge in [-0.3, -0.25) is 4.79 Å². The van der Waals surface area contributed by atoms with Crippen LogP contribution >= 0.6 is 0 Å². The van der Waals surface area contributed by atoms with Crippen LogP contribution < -0.4 is 0 Å². The Morgan fingerprint density at radius 1 is 1.37 bits per heavy atom. The smallest absolute Gasteiger partial charge is 0.257 e. The number of aryl methyl sites for hydroxylation is 1. The zero-order valence-electron chi connectivity index (χ0n) is 11.1. The van der Waals surface area contributed by atoms with Crippen LogP contribution in [0.15, 0.2) is 28.7 Å². The SMILES string of the molecule is Cc1cc2cccc(C(=O)N3C[C@@H]4CCC[C@@H]43)c2o1. The first-order valence-corrected chi connectivity index (χ1v) is 7.04. The van der Waals surface area contributed by atoms with Crippen molar-refractivity contribution in [3.8, 4) is 0 Å². The lowest BCUT2D eigenvalue weighted by molar-refractivity contribution is 0.0270. The third kappa shape index (κ3) is 1.54. The van der Waals surface area contributed by atoms with Crippen molar-refractivity contribution in [2.45, 2.75) is 32.2 Å². The largest absolute Gasteiger partial charge is 0.461 e. The third-order valence-corrected chi connectivity index (χ3v) is 4.61. The maximum atomic E-state index is 12.7. The number of fused-ring (bicyclic) bond motifs is 2. The molecule has 1 aromatic carbocycles. The molecule has 1 saturated heterocycles. The molecule has 4 rings (SSSR count). The summed E-state index contributed by atoms with van der Waals surface area (Å²) in [6.45, 7) is 2.85. The zero-order chi connectivity index (χ0) is 13.0. The van der Waals surface area contributed by atoms with Gasteiger partial charge >= 0.3 is 0 Å². The minimum Gasteiger partial charge on any atom is -0.461 e. The molecule has 2 aliphatic rings. The average Bonchev–Trinajstić information content (AvgIpc) is 2.91. The molecule has 2 heterocycles. The van der Waals surface area contributed by atoms with Crippen molar-refractivity contribution in [1.29, 1.82) is 0 Å². The predicted molar refractivity (Wildman–Crippen MR) is 73.1 cm³/mol. The monoisotopic (exact) mass is 255 g/mol. The van der Waals surface area contributed by atoms with Gasteiger partial charge in [0.2, 0.25) is 0 Å². The normalized spacial score (nSPS) is 25.4. The summed E-state index contributed by atoms with van der Waals surface area (Å²) in [4.78, 5) is 14.7. The standard InChI is InChI=1S/C16H17NO2/c1-10-8-11-4-2-6-13(15(11)19-10)16(18)17-9-12-5-3-7-14(12)17/h2,4,6,8,12,14H,3,5,7,9H2,1H3/t12-,14-/m0/s1. The molecular weight excluding hydrogens is 238 g/mol. The first-order valence-electron chi connectivity index (χ1n) is 7.04. The van der Waals surface area contributed by atoms with Crippen molar-refractivity contribution < 1.29 is 9.21 Å². The Bertz CT molecular complexity index is 658. The number of furan rings is 1. The number of carbonyl (C=O) groups is 1. The molecular formula is C16H17NO2. The van der Waals surface area contributed by atoms with Gasteiger partial charge < -0.3 is 9.32 Å². The zero-order valence-corrected chi connectivity index (χ0v) is 11.1. The average molecular weight is 255 g/mol. The van der Waals surface area contributed by atoms with Crippen LogP contribution in [0.25, 0.3) is 11.0 Å². The van der Waals surface area contributed by atoms with Crippen molar-refractivity contribution >= 4 is 16.9 Å². The highest BCUT2D eigenvalue weighted by Crippen LogP contribution is 2.40. The summed E-state index contributed by atoms with van der Waals surface area (Å²) < 4.78 is 5.70. The second-order valence-corrected chi connectivity index (χ2v) is 5.80. The molecule has 2 aromatic rings. The fourth-order valence-electron chi connectivity index (χ4n) is 3.64. The molecule has 1 saturated carbocycles. The molecule has 3 heteroatoms. The molecule has 1 aromatic heterocycles. The van der Waals surface area contributed by atoms with Crippen LogP contribution in [0.5, 0.6) is 0 Å². The summed E-state index contributed by atoms with van der Waals surface area (Å²) in [6.07, 6.45) is 3.73. The molecule has 1 aliphatic carbocycles. The van der Waals surface area contributed by atoms with Gasteiger partial charge in [-0.15, -0.1) is 0 Å². The number of amides is 1. The van der Waals surface area contributed by atoms with E-state index < -0.39 is 0 Å². The van der Waals surface area contributed by atoms with E-state index in [-0.39, 0.29) is 5.91 Å². The van der Waals surface area contributed by atoms with E-state index in [4.69, 9.17) is 4.42 Å². The van der Waals surface area contributed by atoms with E-state index in [1.165, 1.54) is 19.3 Å². The highest BCUT2D eigenvalue weighted by atomic mass is 16.3. The Morgan fingerprint density at radius 3 is 3.11 bits per heavy atom. The number of para-hydroxylation sites is 1. The van der Waals surface area contributed by atoms with Crippen LogP contribution in [0.3, 0.4) is 0 Å². The summed E-state index contributed by atoms with van der Waals surface area (Å²) in [5, 5.41) is 1.02. The first kappa shape index (κ1) is 11.1. The summed E-state index contributed by atoms with van der Waals surface area (Å²) in [5.41, 5.74) is 1.46. The van der Waals surface area contributed by atoms with Gasteiger partial charge in [0, 0.05) is 18.0 Å². The minimum atomic E-state index is 0.142. The second kappa shape index (κ2) is 3.86. The van der Waals surface area contributed by atoms with Gasteiger partial charge in [-0.25, -0.2) is 0 Å². The number of hydrogen-bond acceptors (Lipinski definition) is 2. The van der Waals surface area contributed by atoms with E-state index in [0.717, 1.165) is 34.8 Å². The van der Waals surface area contributed by atoms with Gasteiger partial charge in [0.1, 0.15) is 11.3 Å². The summed E-state index contributed by atoms with van der Waals surface area (Å²) in [6, 6.07) is 8.29. The Balaban J connectivity index is 1.72. The number of hydrogen-bond donors (Lipinski definition) is 0. The maximum Gasteiger partial charge on any atom is 0.257 e. The van der Waals surface area contributed by atoms with Gasteiger partial charge in [-0.2, -0.15) is 0 Å². The van der Waals surface area contributed by atoms with Gasteiger partial charge in [0.15, 0.2) is 0 Å². The van der Waals surface area contributed by atoms with Crippen molar-refractivity contribution in [2.24, 2.45) is 5.92 Å². The highest BCUT2D eigenvalue weighted by Gasteiger charge is 2.44. The summed E-state index contributed by atoms with van der Waals surface area (Å²) >= 11 is 0. The molecule has 1 aliphatic heterocycles. The van der Waals surface area contributed by atoms with E-state index in [9.17, 15) is 4.79 Å². The number of nitrogens with zero attached hydrogens (tertiary/aromatic N) is 1. The fraction of sp³-hybridized carbons (Fsp3) is 0.438. The summed E-state index contributed by atoms with van der Waals surface area (Å²) in [5.74, 6) is 1.75. The lowest BCUT2D eigenvalue weighted by Gasteiger charge is -2.44. The molecule has 0 N–H and O–H groups in total. The van der Waals surface area contributed by atoms with E-state index in [2.05, 4.69) is 0 Å². The van der Waals surface area contributed by atoms with E-state index in [0.29, 0.717) is 6.04 Å². The highest BCUT2D eigenvalue weighted by molar-refractivity contribution is 6.05. The maximum absolute atomic E-state index is 12.7. The van der Waals surface area contributed by atoms with Gasteiger partial charge in [0.25, 0.3) is 5.91 Å². The van der Waals surface area contributed by atoms with Crippen LogP contribution in [-0.4, -0.2) is 23.4 Å². The predicted octanol–water partition coefficient (Wildman–Crippen LogP) is 3.37. The number of carbonyl (C=O) groups excluding carboxylic acids is 1. The molecule has 0 radical (unpaired) electrons. The number of likely N-dealkylation sites (tertiary alicyclic amines) is 1. The number of rotatable bonds is 1. The molecule has 0 unspecified atom stereocenters. The molecule has 2 fully saturated rings. The molecule has 3 nitrogen and oxygen atoms in total. The van der Waals surface area contributed by atoms with Crippen molar-refractivity contribution in [3.05, 3.63) is 35.6 Å². The first-order chi connectivity index (χ1) is 9.24. The van der Waals surface area contributed by atoms with Gasteiger partial charge in [0.05, 0.1) is 5.56 Å². The second-order valence-electron chi connectivity index (χ2n) is 5.80. The van der Waals surface area contributed by atoms with Crippen LogP contribution in [0, 0.1) is 12.8 Å². The van der Waals surface area contributed by atoms with Crippen LogP contribution in [0.4, 0.5) is 0 Å². The number of benzene rings is 1. The van der Waals surface area contributed by atoms with Crippen LogP contribution in [-0.2, 0) is 0 Å². The Labute approximate surface area is 112 Å². The molecule has 98 valence electrons. The lowest BCUT2D eigenvalue weighted by Crippen LogP contribution is -2.55. The molecule has 2 atom stereocenters. The van der Waals surface area contributed by atoms with Gasteiger partial charge in [-0.05, 0) is 37.8 Å². The van der Waals surface area contributed by atoms with E-state index in [1.807, 2.05) is 36.1 Å². The topological polar surface area (TPSA) is 33.5 Å². The quantitative estimate of drug-likeness (QED) is 0.782. The van der Waals surface area contributed by atoms with Gasteiger partial charge in [-0.1, -0.05) is 18.6 Å².